The molecule has 1 atom stereocenters. The van der Waals surface area contributed by atoms with Crippen molar-refractivity contribution in [2.24, 2.45) is 0 Å². The van der Waals surface area contributed by atoms with Gasteiger partial charge in [0.1, 0.15) is 0 Å². The maximum atomic E-state index is 10.9. The van der Waals surface area contributed by atoms with Gasteiger partial charge in [-0.25, -0.2) is 0 Å². The van der Waals surface area contributed by atoms with Crippen molar-refractivity contribution >= 4 is 17.0 Å². The molecule has 0 aliphatic heterocycles. The van der Waals surface area contributed by atoms with E-state index in [0.29, 0.717) is 19.4 Å². The molecular weight excluding hydrogens is 203 g/mol. The third-order valence-corrected chi connectivity index (χ3v) is 3.19. The first kappa shape index (κ1) is 13.6. The van der Waals surface area contributed by atoms with Gasteiger partial charge in [-0.3, -0.25) is 9.00 Å². The van der Waals surface area contributed by atoms with Crippen LogP contribution in [-0.4, -0.2) is 26.1 Å². The summed E-state index contributed by atoms with van der Waals surface area (Å²) in [5.41, 5.74) is 0. The van der Waals surface area contributed by atoms with Gasteiger partial charge in [0.2, 0.25) is 0 Å². The van der Waals surface area contributed by atoms with Crippen LogP contribution in [0, 0.1) is 0 Å². The van der Waals surface area contributed by atoms with E-state index in [1.165, 1.54) is 0 Å². The maximum Gasteiger partial charge on any atom is 1.00 e. The van der Waals surface area contributed by atoms with E-state index in [-0.39, 0.29) is 36.0 Å². The number of esters is 1. The standard InChI is InChI=1S/C7H12O4S.Na/c1-2-11-6(8)5-7(3-4-7)12(9)10;/h2-5H2,1H3,(H,9,10);/q;+1/p-1. The van der Waals surface area contributed by atoms with Crippen LogP contribution in [0.5, 0.6) is 0 Å². The van der Waals surface area contributed by atoms with Crippen LogP contribution in [0.3, 0.4) is 0 Å². The van der Waals surface area contributed by atoms with Crippen LogP contribution in [0.4, 0.5) is 0 Å². The molecule has 0 aromatic carbocycles. The van der Waals surface area contributed by atoms with Crippen LogP contribution in [0.25, 0.3) is 0 Å². The van der Waals surface area contributed by atoms with Gasteiger partial charge in [0.15, 0.2) is 0 Å². The van der Waals surface area contributed by atoms with Crippen molar-refractivity contribution in [2.45, 2.75) is 30.9 Å². The largest absolute Gasteiger partial charge is 1.00 e. The first-order valence-electron chi connectivity index (χ1n) is 3.86. The molecule has 0 bridgehead atoms. The van der Waals surface area contributed by atoms with E-state index in [9.17, 15) is 13.6 Å². The number of ether oxygens (including phenoxy) is 1. The summed E-state index contributed by atoms with van der Waals surface area (Å²) in [7, 11) is 0. The predicted molar refractivity (Wildman–Crippen MR) is 42.1 cm³/mol. The summed E-state index contributed by atoms with van der Waals surface area (Å²) in [6, 6.07) is 0. The van der Waals surface area contributed by atoms with Gasteiger partial charge in [-0.2, -0.15) is 0 Å². The smallest absolute Gasteiger partial charge is 0.772 e. The molecule has 0 radical (unpaired) electrons. The summed E-state index contributed by atoms with van der Waals surface area (Å²) < 4.78 is 25.1. The van der Waals surface area contributed by atoms with Gasteiger partial charge in [-0.1, -0.05) is 0 Å². The molecule has 0 aromatic heterocycles. The van der Waals surface area contributed by atoms with Gasteiger partial charge in [-0.05, 0) is 30.8 Å². The number of hydrogen-bond donors (Lipinski definition) is 0. The summed E-state index contributed by atoms with van der Waals surface area (Å²) in [6.07, 6.45) is 1.18. The Kier molecular flexibility index (Phi) is 5.70. The molecule has 4 nitrogen and oxygen atoms in total. The molecule has 0 aromatic rings. The molecule has 1 fully saturated rings. The SMILES string of the molecule is CCOC(=O)CC1(S(=O)[O-])CC1.[Na+]. The van der Waals surface area contributed by atoms with Crippen molar-refractivity contribution in [3.63, 3.8) is 0 Å². The first-order chi connectivity index (χ1) is 5.60. The van der Waals surface area contributed by atoms with Crippen molar-refractivity contribution in [3.05, 3.63) is 0 Å². The van der Waals surface area contributed by atoms with Gasteiger partial charge in [0.05, 0.1) is 13.0 Å². The molecule has 0 spiro atoms. The van der Waals surface area contributed by atoms with Crippen molar-refractivity contribution in [2.75, 3.05) is 6.61 Å². The third kappa shape index (κ3) is 3.67. The second kappa shape index (κ2) is 5.46. The van der Waals surface area contributed by atoms with Crippen LogP contribution in [-0.2, 0) is 20.6 Å². The summed E-state index contributed by atoms with van der Waals surface area (Å²) in [6.45, 7) is 2.01. The fourth-order valence-electron chi connectivity index (χ4n) is 1.02. The third-order valence-electron chi connectivity index (χ3n) is 1.93. The number of hydrogen-bond acceptors (Lipinski definition) is 4. The summed E-state index contributed by atoms with van der Waals surface area (Å²) >= 11 is -2.14. The monoisotopic (exact) mass is 214 g/mol. The van der Waals surface area contributed by atoms with Crippen LogP contribution in [0.1, 0.15) is 26.2 Å². The normalized spacial score (nSPS) is 19.8. The average Bonchev–Trinajstić information content (AvgIpc) is 2.69. The Morgan fingerprint density at radius 2 is 2.15 bits per heavy atom. The Hall–Kier alpha value is 0.580. The zero-order valence-electron chi connectivity index (χ0n) is 7.87. The first-order valence-corrected chi connectivity index (χ1v) is 4.93. The molecule has 1 unspecified atom stereocenters. The van der Waals surface area contributed by atoms with Crippen LogP contribution < -0.4 is 29.6 Å². The Balaban J connectivity index is 0.00000144. The van der Waals surface area contributed by atoms with E-state index in [0.717, 1.165) is 0 Å². The minimum absolute atomic E-state index is 0. The van der Waals surface area contributed by atoms with E-state index in [2.05, 4.69) is 4.74 Å². The molecule has 0 N–H and O–H groups in total. The molecule has 1 aliphatic carbocycles. The fourth-order valence-corrected chi connectivity index (χ4v) is 1.69. The second-order valence-electron chi connectivity index (χ2n) is 2.90. The molecule has 1 rings (SSSR count). The zero-order chi connectivity index (χ0) is 9.19. The molecule has 1 saturated carbocycles. The molecule has 70 valence electrons. The fraction of sp³-hybridized carbons (Fsp3) is 0.857. The van der Waals surface area contributed by atoms with Crippen LogP contribution in [0.2, 0.25) is 0 Å². The van der Waals surface area contributed by atoms with Crippen molar-refractivity contribution in [1.82, 2.24) is 0 Å². The summed E-state index contributed by atoms with van der Waals surface area (Å²) in [5.74, 6) is -0.417. The van der Waals surface area contributed by atoms with Crippen LogP contribution in [0.15, 0.2) is 0 Å². The second-order valence-corrected chi connectivity index (χ2v) is 4.23. The molecule has 1 aliphatic rings. The molecule has 6 heteroatoms. The topological polar surface area (TPSA) is 66.4 Å². The van der Waals surface area contributed by atoms with E-state index in [1.807, 2.05) is 0 Å². The van der Waals surface area contributed by atoms with Crippen molar-refractivity contribution in [3.8, 4) is 0 Å². The molecule has 0 saturated heterocycles. The summed E-state index contributed by atoms with van der Waals surface area (Å²) in [5, 5.41) is 0. The van der Waals surface area contributed by atoms with Gasteiger partial charge in [0, 0.05) is 4.75 Å². The van der Waals surface area contributed by atoms with Gasteiger partial charge in [-0.15, -0.1) is 0 Å². The quantitative estimate of drug-likeness (QED) is 0.291. The van der Waals surface area contributed by atoms with E-state index < -0.39 is 21.8 Å². The van der Waals surface area contributed by atoms with E-state index >= 15 is 0 Å². The summed E-state index contributed by atoms with van der Waals surface area (Å²) in [4.78, 5) is 10.9. The Labute approximate surface area is 102 Å². The molecular formula is C7H11NaO4S. The number of rotatable bonds is 4. The molecule has 0 amide bonds. The zero-order valence-corrected chi connectivity index (χ0v) is 10.7. The van der Waals surface area contributed by atoms with Crippen LogP contribution >= 0.6 is 0 Å². The van der Waals surface area contributed by atoms with Gasteiger partial charge < -0.3 is 9.29 Å². The van der Waals surface area contributed by atoms with Gasteiger partial charge >= 0.3 is 35.5 Å². The van der Waals surface area contributed by atoms with Crippen molar-refractivity contribution in [1.29, 1.82) is 0 Å². The van der Waals surface area contributed by atoms with Gasteiger partial charge in [0.25, 0.3) is 0 Å². The number of carbonyl (C=O) groups excluding carboxylic acids is 1. The molecule has 13 heavy (non-hydrogen) atoms. The predicted octanol–water partition coefficient (Wildman–Crippen LogP) is -2.64. The Morgan fingerprint density at radius 1 is 1.62 bits per heavy atom. The number of carbonyl (C=O) groups is 1. The van der Waals surface area contributed by atoms with E-state index in [4.69, 9.17) is 0 Å². The maximum absolute atomic E-state index is 10.9. The van der Waals surface area contributed by atoms with Crippen molar-refractivity contribution < 1.29 is 47.9 Å². The van der Waals surface area contributed by atoms with E-state index in [1.54, 1.807) is 6.92 Å². The molecule has 0 heterocycles. The Morgan fingerprint density at radius 3 is 2.46 bits per heavy atom. The Bertz CT molecular complexity index is 215. The minimum Gasteiger partial charge on any atom is -0.772 e. The average molecular weight is 214 g/mol. The minimum atomic E-state index is -2.14.